The van der Waals surface area contributed by atoms with Crippen LogP contribution in [0.4, 0.5) is 5.95 Å². The lowest BCUT2D eigenvalue weighted by atomic mass is 10.1. The van der Waals surface area contributed by atoms with Crippen molar-refractivity contribution in [2.75, 3.05) is 19.0 Å². The molecule has 1 aliphatic heterocycles. The lowest BCUT2D eigenvalue weighted by Gasteiger charge is -2.23. The molecule has 2 aromatic rings. The van der Waals surface area contributed by atoms with Crippen molar-refractivity contribution in [2.45, 2.75) is 52.2 Å². The number of nitrogens with zero attached hydrogens (tertiary/aromatic N) is 3. The number of aromatic nitrogens is 3. The number of anilines is 1. The van der Waals surface area contributed by atoms with Crippen LogP contribution in [0.25, 0.3) is 10.3 Å². The van der Waals surface area contributed by atoms with Gasteiger partial charge in [0.15, 0.2) is 24.1 Å². The molecule has 0 aliphatic carbocycles. The molecule has 0 bridgehead atoms. The number of carbonyl (C=O) groups is 4. The van der Waals surface area contributed by atoms with E-state index in [0.29, 0.717) is 0 Å². The average molecular weight is 498 g/mol. The van der Waals surface area contributed by atoms with E-state index in [2.05, 4.69) is 15.3 Å². The van der Waals surface area contributed by atoms with E-state index >= 15 is 0 Å². The number of esters is 3. The Kier molecular flexibility index (Phi) is 7.46. The Morgan fingerprint density at radius 2 is 1.68 bits per heavy atom. The lowest BCUT2D eigenvalue weighted by Crippen LogP contribution is -2.41. The minimum atomic E-state index is -1.32. The molecular weight excluding hydrogens is 476 g/mol. The van der Waals surface area contributed by atoms with Gasteiger partial charge in [-0.25, -0.2) is 0 Å². The van der Waals surface area contributed by atoms with Crippen molar-refractivity contribution >= 4 is 51.4 Å². The van der Waals surface area contributed by atoms with Crippen LogP contribution in [0, 0.1) is 0 Å². The molecule has 3 rings (SSSR count). The van der Waals surface area contributed by atoms with Gasteiger partial charge in [0.2, 0.25) is 17.7 Å². The Morgan fingerprint density at radius 1 is 1.03 bits per heavy atom. The first-order valence-corrected chi connectivity index (χ1v) is 10.7. The van der Waals surface area contributed by atoms with Crippen LogP contribution < -0.4 is 14.9 Å². The number of thiazole rings is 1. The fourth-order valence-corrected chi connectivity index (χ4v) is 4.29. The van der Waals surface area contributed by atoms with Gasteiger partial charge in [-0.05, 0) is 0 Å². The molecule has 3 heterocycles. The average Bonchev–Trinajstić information content (AvgIpc) is 3.21. The zero-order chi connectivity index (χ0) is 25.2. The van der Waals surface area contributed by atoms with Crippen molar-refractivity contribution in [2.24, 2.45) is 0 Å². The van der Waals surface area contributed by atoms with Crippen LogP contribution in [0.5, 0.6) is 5.88 Å². The minimum absolute atomic E-state index is 0.0162. The highest BCUT2D eigenvalue weighted by molar-refractivity contribution is 7.16. The number of rotatable bonds is 7. The second kappa shape index (κ2) is 10.1. The van der Waals surface area contributed by atoms with Crippen LogP contribution in [0.1, 0.15) is 33.9 Å². The summed E-state index contributed by atoms with van der Waals surface area (Å²) in [5.74, 6) is -2.64. The molecule has 2 aromatic heterocycles. The van der Waals surface area contributed by atoms with Crippen LogP contribution in [0.3, 0.4) is 0 Å². The number of amides is 1. The Balaban J connectivity index is 2.16. The van der Waals surface area contributed by atoms with Gasteiger partial charge in [-0.15, -0.1) is 0 Å². The smallest absolute Gasteiger partial charge is 0.311 e. The van der Waals surface area contributed by atoms with Gasteiger partial charge in [-0.1, -0.05) is 11.3 Å². The Hall–Kier alpha value is -3.59. The van der Waals surface area contributed by atoms with E-state index < -0.39 is 53.2 Å². The van der Waals surface area contributed by atoms with Crippen molar-refractivity contribution in [3.63, 3.8) is 0 Å². The number of nitrogens with one attached hydrogen (secondary N) is 1. The largest absolute Gasteiger partial charge is 0.480 e. The van der Waals surface area contributed by atoms with Crippen LogP contribution >= 0.6 is 11.3 Å². The summed E-state index contributed by atoms with van der Waals surface area (Å²) >= 11 is 0.731. The molecule has 14 nitrogen and oxygen atoms in total. The molecule has 34 heavy (non-hydrogen) atoms. The number of hydrogen-bond acceptors (Lipinski definition) is 13. The summed E-state index contributed by atoms with van der Waals surface area (Å²) < 4.78 is 28.1. The Morgan fingerprint density at radius 3 is 2.24 bits per heavy atom. The molecule has 1 saturated heterocycles. The monoisotopic (exact) mass is 498 g/mol. The fraction of sp³-hybridized carbons (Fsp3) is 0.526. The Bertz CT molecular complexity index is 1190. The minimum Gasteiger partial charge on any atom is -0.480 e. The second-order valence-corrected chi connectivity index (χ2v) is 8.11. The van der Waals surface area contributed by atoms with Crippen LogP contribution in [-0.4, -0.2) is 70.4 Å². The van der Waals surface area contributed by atoms with Crippen LogP contribution in [0.2, 0.25) is 0 Å². The third-order valence-electron chi connectivity index (χ3n) is 4.51. The maximum Gasteiger partial charge on any atom is 0.311 e. The first kappa shape index (κ1) is 25.0. The molecular formula is C19H22N4O10S. The summed E-state index contributed by atoms with van der Waals surface area (Å²) in [5.41, 5.74) is 0.0162. The normalized spacial score (nSPS) is 21.7. The van der Waals surface area contributed by atoms with Gasteiger partial charge in [0.05, 0.1) is 7.11 Å². The molecule has 1 fully saturated rings. The van der Waals surface area contributed by atoms with Crippen molar-refractivity contribution in [1.29, 1.82) is 0 Å². The zero-order valence-corrected chi connectivity index (χ0v) is 19.7. The number of hydrogen-bond donors (Lipinski definition) is 1. The molecule has 1 amide bonds. The lowest BCUT2D eigenvalue weighted by molar-refractivity contribution is -0.166. The van der Waals surface area contributed by atoms with Gasteiger partial charge in [-0.2, -0.15) is 9.97 Å². The highest BCUT2D eigenvalue weighted by Crippen LogP contribution is 2.37. The Labute approximate surface area is 196 Å². The van der Waals surface area contributed by atoms with Gasteiger partial charge in [-0.3, -0.25) is 33.9 Å². The quantitative estimate of drug-likeness (QED) is 0.404. The van der Waals surface area contributed by atoms with E-state index in [1.54, 1.807) is 0 Å². The summed E-state index contributed by atoms with van der Waals surface area (Å²) in [6.07, 6.45) is -4.88. The maximum absolute atomic E-state index is 13.0. The molecule has 0 radical (unpaired) electrons. The maximum atomic E-state index is 13.0. The first-order chi connectivity index (χ1) is 16.0. The van der Waals surface area contributed by atoms with Gasteiger partial charge in [0.1, 0.15) is 17.4 Å². The van der Waals surface area contributed by atoms with Crippen molar-refractivity contribution in [1.82, 2.24) is 14.5 Å². The number of ether oxygens (including phenoxy) is 5. The molecule has 15 heteroatoms. The SMILES string of the molecule is COc1nc(NC(C)=O)nc2c1sc(=O)n2[C@@H]1O[C@H](COC(C)=O)[C@@H](OC(C)=O)[C@H]1OC(C)=O. The molecule has 0 unspecified atom stereocenters. The van der Waals surface area contributed by atoms with E-state index in [1.807, 2.05) is 0 Å². The van der Waals surface area contributed by atoms with Gasteiger partial charge < -0.3 is 23.7 Å². The van der Waals surface area contributed by atoms with E-state index in [-0.39, 0.29) is 28.8 Å². The van der Waals surface area contributed by atoms with Crippen LogP contribution in [0.15, 0.2) is 4.79 Å². The molecule has 0 aromatic carbocycles. The molecule has 0 saturated carbocycles. The zero-order valence-electron chi connectivity index (χ0n) is 18.8. The molecule has 184 valence electrons. The third-order valence-corrected chi connectivity index (χ3v) is 5.44. The van der Waals surface area contributed by atoms with Gasteiger partial charge in [0.25, 0.3) is 0 Å². The number of fused-ring (bicyclic) bond motifs is 1. The number of methoxy groups -OCH3 is 1. The summed E-state index contributed by atoms with van der Waals surface area (Å²) in [5, 5.41) is 2.41. The van der Waals surface area contributed by atoms with E-state index in [9.17, 15) is 24.0 Å². The highest BCUT2D eigenvalue weighted by Gasteiger charge is 2.51. The van der Waals surface area contributed by atoms with Crippen molar-refractivity contribution in [3.05, 3.63) is 9.67 Å². The fourth-order valence-electron chi connectivity index (χ4n) is 3.37. The summed E-state index contributed by atoms with van der Waals surface area (Å²) in [7, 11) is 1.33. The predicted molar refractivity (Wildman–Crippen MR) is 114 cm³/mol. The summed E-state index contributed by atoms with van der Waals surface area (Å²) in [6, 6.07) is 0. The van der Waals surface area contributed by atoms with Crippen molar-refractivity contribution < 1.29 is 42.9 Å². The van der Waals surface area contributed by atoms with E-state index in [1.165, 1.54) is 21.0 Å². The van der Waals surface area contributed by atoms with E-state index in [4.69, 9.17) is 23.7 Å². The predicted octanol–water partition coefficient (Wildman–Crippen LogP) is 0.144. The standard InChI is InChI=1S/C19H22N4O10S/c1-7(24)20-18-21-15-14(16(22-18)29-5)34-19(28)23(15)17-13(32-10(4)27)12(31-9(3)26)11(33-17)6-30-8(2)25/h11-13,17H,6H2,1-5H3,(H,20,21,22,24)/t11-,12-,13-,17-/m1/s1. The second-order valence-electron chi connectivity index (χ2n) is 7.14. The highest BCUT2D eigenvalue weighted by atomic mass is 32.1. The van der Waals surface area contributed by atoms with Crippen molar-refractivity contribution in [3.8, 4) is 5.88 Å². The summed E-state index contributed by atoms with van der Waals surface area (Å²) in [6.45, 7) is 4.37. The van der Waals surface area contributed by atoms with E-state index in [0.717, 1.165) is 29.8 Å². The molecule has 4 atom stereocenters. The first-order valence-electron chi connectivity index (χ1n) is 9.89. The molecule has 1 N–H and O–H groups in total. The summed E-state index contributed by atoms with van der Waals surface area (Å²) in [4.78, 5) is 67.2. The molecule has 0 spiro atoms. The molecule has 1 aliphatic rings. The topological polar surface area (TPSA) is 174 Å². The van der Waals surface area contributed by atoms with Gasteiger partial charge in [0, 0.05) is 27.7 Å². The van der Waals surface area contributed by atoms with Gasteiger partial charge >= 0.3 is 22.8 Å². The third kappa shape index (κ3) is 5.31. The number of carbonyl (C=O) groups excluding carboxylic acids is 4. The van der Waals surface area contributed by atoms with Crippen LogP contribution in [-0.2, 0) is 38.1 Å².